The van der Waals surface area contributed by atoms with E-state index in [-0.39, 0.29) is 17.8 Å². The van der Waals surface area contributed by atoms with E-state index in [1.165, 1.54) is 4.70 Å². The summed E-state index contributed by atoms with van der Waals surface area (Å²) in [5.41, 5.74) is 2.21. The summed E-state index contributed by atoms with van der Waals surface area (Å²) in [4.78, 5) is 28.4. The molecule has 1 N–H and O–H groups in total. The van der Waals surface area contributed by atoms with Gasteiger partial charge < -0.3 is 10.1 Å². The second-order valence-electron chi connectivity index (χ2n) is 6.66. The lowest BCUT2D eigenvalue weighted by Crippen LogP contribution is -2.13. The van der Waals surface area contributed by atoms with Crippen LogP contribution < -0.4 is 5.32 Å². The lowest BCUT2D eigenvalue weighted by molar-refractivity contribution is -0.117. The molecule has 0 bridgehead atoms. The van der Waals surface area contributed by atoms with E-state index in [0.717, 1.165) is 36.2 Å². The van der Waals surface area contributed by atoms with Gasteiger partial charge in [-0.05, 0) is 55.7 Å². The lowest BCUT2D eigenvalue weighted by Gasteiger charge is -2.06. The maximum absolute atomic E-state index is 12.1. The molecule has 1 saturated carbocycles. The molecule has 0 spiro atoms. The minimum absolute atomic E-state index is 0.0557. The number of aromatic nitrogens is 1. The summed E-state index contributed by atoms with van der Waals surface area (Å²) in [5, 5.41) is 3.91. The zero-order chi connectivity index (χ0) is 18.6. The van der Waals surface area contributed by atoms with Gasteiger partial charge in [0.05, 0.1) is 27.4 Å². The number of thiazole rings is 1. The van der Waals surface area contributed by atoms with E-state index >= 15 is 0 Å². The molecule has 0 unspecified atom stereocenters. The number of nitrogens with one attached hydrogen (secondary N) is 1. The fourth-order valence-electron chi connectivity index (χ4n) is 2.78. The first-order valence-corrected chi connectivity index (χ1v) is 9.93. The molecule has 0 radical (unpaired) electrons. The van der Waals surface area contributed by atoms with Gasteiger partial charge in [0.1, 0.15) is 0 Å². The van der Waals surface area contributed by atoms with Crippen LogP contribution in [-0.4, -0.2) is 23.5 Å². The number of nitrogens with zero attached hydrogens (tertiary/aromatic N) is 1. The van der Waals surface area contributed by atoms with Crippen LogP contribution >= 0.6 is 11.3 Å². The van der Waals surface area contributed by atoms with E-state index in [9.17, 15) is 9.59 Å². The number of carbonyl (C=O) groups is 2. The van der Waals surface area contributed by atoms with E-state index in [1.807, 2.05) is 18.2 Å². The van der Waals surface area contributed by atoms with Crippen LogP contribution in [0.2, 0.25) is 0 Å². The normalized spacial score (nSPS) is 13.5. The average Bonchev–Trinajstić information content (AvgIpc) is 3.45. The number of hydrogen-bond acceptors (Lipinski definition) is 5. The van der Waals surface area contributed by atoms with Crippen molar-refractivity contribution in [1.29, 1.82) is 0 Å². The Labute approximate surface area is 161 Å². The number of rotatable bonds is 7. The number of para-hydroxylation sites is 1. The molecule has 0 saturated heterocycles. The number of amides is 1. The van der Waals surface area contributed by atoms with Crippen molar-refractivity contribution in [1.82, 2.24) is 4.98 Å². The molecule has 2 aromatic carbocycles. The van der Waals surface area contributed by atoms with Gasteiger partial charge in [0.2, 0.25) is 5.91 Å². The molecule has 1 fully saturated rings. The monoisotopic (exact) mass is 380 g/mol. The van der Waals surface area contributed by atoms with Crippen molar-refractivity contribution in [2.45, 2.75) is 25.7 Å². The molecular formula is C21H20N2O3S. The Bertz CT molecular complexity index is 928. The summed E-state index contributed by atoms with van der Waals surface area (Å²) in [6, 6.07) is 14.9. The van der Waals surface area contributed by atoms with Gasteiger partial charge in [0, 0.05) is 18.0 Å². The third kappa shape index (κ3) is 4.52. The fraction of sp³-hybridized carbons (Fsp3) is 0.286. The second kappa shape index (κ2) is 7.88. The van der Waals surface area contributed by atoms with E-state index < -0.39 is 0 Å². The van der Waals surface area contributed by atoms with Crippen LogP contribution in [0.25, 0.3) is 10.2 Å². The van der Waals surface area contributed by atoms with Crippen LogP contribution in [0.5, 0.6) is 0 Å². The summed E-state index contributed by atoms with van der Waals surface area (Å²) >= 11 is 1.68. The Morgan fingerprint density at radius 1 is 1.11 bits per heavy atom. The van der Waals surface area contributed by atoms with Crippen LogP contribution in [-0.2, 0) is 16.0 Å². The molecular weight excluding hydrogens is 360 g/mol. The van der Waals surface area contributed by atoms with Gasteiger partial charge >= 0.3 is 5.97 Å². The van der Waals surface area contributed by atoms with Gasteiger partial charge in [0.25, 0.3) is 0 Å². The van der Waals surface area contributed by atoms with Gasteiger partial charge in [-0.15, -0.1) is 11.3 Å². The van der Waals surface area contributed by atoms with Crippen molar-refractivity contribution in [3.05, 3.63) is 59.1 Å². The second-order valence-corrected chi connectivity index (χ2v) is 7.77. The number of hydrogen-bond donors (Lipinski definition) is 1. The Balaban J connectivity index is 1.23. The highest BCUT2D eigenvalue weighted by Gasteiger charge is 2.29. The van der Waals surface area contributed by atoms with Crippen molar-refractivity contribution in [2.75, 3.05) is 11.9 Å². The summed E-state index contributed by atoms with van der Waals surface area (Å²) in [5.74, 6) is -0.135. The quantitative estimate of drug-likeness (QED) is 0.486. The average molecular weight is 380 g/mol. The molecule has 4 rings (SSSR count). The highest BCUT2D eigenvalue weighted by molar-refractivity contribution is 7.18. The molecule has 1 heterocycles. The van der Waals surface area contributed by atoms with Crippen molar-refractivity contribution in [2.24, 2.45) is 5.92 Å². The SMILES string of the molecule is O=C(OCCCc1nc2ccccc2s1)c1ccc(NC(=O)C2CC2)cc1. The highest BCUT2D eigenvalue weighted by Crippen LogP contribution is 2.30. The van der Waals surface area contributed by atoms with E-state index in [2.05, 4.69) is 16.4 Å². The maximum Gasteiger partial charge on any atom is 0.338 e. The fourth-order valence-corrected chi connectivity index (χ4v) is 3.79. The minimum atomic E-state index is -0.348. The third-order valence-corrected chi connectivity index (χ3v) is 5.54. The Kier molecular flexibility index (Phi) is 5.16. The minimum Gasteiger partial charge on any atom is -0.462 e. The number of fused-ring (bicyclic) bond motifs is 1. The molecule has 6 heteroatoms. The van der Waals surface area contributed by atoms with Gasteiger partial charge in [-0.3, -0.25) is 4.79 Å². The Morgan fingerprint density at radius 2 is 1.89 bits per heavy atom. The molecule has 27 heavy (non-hydrogen) atoms. The van der Waals surface area contributed by atoms with Gasteiger partial charge in [0.15, 0.2) is 0 Å². The lowest BCUT2D eigenvalue weighted by atomic mass is 10.2. The largest absolute Gasteiger partial charge is 0.462 e. The van der Waals surface area contributed by atoms with E-state index in [1.54, 1.807) is 35.6 Å². The Morgan fingerprint density at radius 3 is 2.63 bits per heavy atom. The van der Waals surface area contributed by atoms with Crippen LogP contribution in [0.4, 0.5) is 5.69 Å². The molecule has 1 aliphatic rings. The standard InChI is InChI=1S/C21H20N2O3S/c24-20(14-7-8-14)22-16-11-9-15(10-12-16)21(25)26-13-3-6-19-23-17-4-1-2-5-18(17)27-19/h1-2,4-5,9-12,14H,3,6-8,13H2,(H,22,24). The molecule has 1 aliphatic carbocycles. The summed E-state index contributed by atoms with van der Waals surface area (Å²) in [6.07, 6.45) is 3.46. The molecule has 0 aliphatic heterocycles. The topological polar surface area (TPSA) is 68.3 Å². The van der Waals surface area contributed by atoms with Crippen molar-refractivity contribution in [3.63, 3.8) is 0 Å². The summed E-state index contributed by atoms with van der Waals surface area (Å²) in [7, 11) is 0. The zero-order valence-corrected chi connectivity index (χ0v) is 15.6. The smallest absolute Gasteiger partial charge is 0.338 e. The first kappa shape index (κ1) is 17.7. The first-order chi connectivity index (χ1) is 13.2. The van der Waals surface area contributed by atoms with Gasteiger partial charge in [-0.1, -0.05) is 12.1 Å². The first-order valence-electron chi connectivity index (χ1n) is 9.11. The molecule has 1 aromatic heterocycles. The van der Waals surface area contributed by atoms with Crippen molar-refractivity contribution < 1.29 is 14.3 Å². The molecule has 5 nitrogen and oxygen atoms in total. The predicted octanol–water partition coefficient (Wildman–Crippen LogP) is 4.43. The van der Waals surface area contributed by atoms with Crippen molar-refractivity contribution in [3.8, 4) is 0 Å². The van der Waals surface area contributed by atoms with Crippen LogP contribution in [0.15, 0.2) is 48.5 Å². The maximum atomic E-state index is 12.1. The predicted molar refractivity (Wildman–Crippen MR) is 106 cm³/mol. The van der Waals surface area contributed by atoms with Gasteiger partial charge in [-0.25, -0.2) is 9.78 Å². The number of anilines is 1. The number of aryl methyl sites for hydroxylation is 1. The number of benzene rings is 2. The van der Waals surface area contributed by atoms with Gasteiger partial charge in [-0.2, -0.15) is 0 Å². The number of carbonyl (C=O) groups excluding carboxylic acids is 2. The van der Waals surface area contributed by atoms with Crippen molar-refractivity contribution >= 4 is 39.1 Å². The van der Waals surface area contributed by atoms with E-state index in [0.29, 0.717) is 17.9 Å². The molecule has 0 atom stereocenters. The molecule has 138 valence electrons. The molecule has 1 amide bonds. The zero-order valence-electron chi connectivity index (χ0n) is 14.8. The number of esters is 1. The number of ether oxygens (including phenoxy) is 1. The summed E-state index contributed by atoms with van der Waals surface area (Å²) < 4.78 is 6.52. The third-order valence-electron chi connectivity index (χ3n) is 4.44. The summed E-state index contributed by atoms with van der Waals surface area (Å²) in [6.45, 7) is 0.356. The molecule has 3 aromatic rings. The van der Waals surface area contributed by atoms with Crippen LogP contribution in [0.3, 0.4) is 0 Å². The van der Waals surface area contributed by atoms with E-state index in [4.69, 9.17) is 4.74 Å². The Hall–Kier alpha value is -2.73. The van der Waals surface area contributed by atoms with Crippen LogP contribution in [0.1, 0.15) is 34.6 Å². The van der Waals surface area contributed by atoms with Crippen LogP contribution in [0, 0.1) is 5.92 Å². The highest BCUT2D eigenvalue weighted by atomic mass is 32.1.